The van der Waals surface area contributed by atoms with Crippen molar-refractivity contribution < 1.29 is 4.79 Å². The topological polar surface area (TPSA) is 61.7 Å². The summed E-state index contributed by atoms with van der Waals surface area (Å²) in [4.78, 5) is 30.7. The molecule has 0 saturated carbocycles. The van der Waals surface area contributed by atoms with Gasteiger partial charge < -0.3 is 9.80 Å². The van der Waals surface area contributed by atoms with Crippen LogP contribution in [0.15, 0.2) is 53.8 Å². The monoisotopic (exact) mass is 419 g/mol. The zero-order valence-corrected chi connectivity index (χ0v) is 18.4. The quantitative estimate of drug-likeness (QED) is 0.475. The molecule has 0 spiro atoms. The van der Waals surface area contributed by atoms with Crippen molar-refractivity contribution >= 4 is 33.3 Å². The molecule has 0 atom stereocenters. The highest BCUT2D eigenvalue weighted by Crippen LogP contribution is 2.26. The highest BCUT2D eigenvalue weighted by molar-refractivity contribution is 7.20. The number of carbonyl (C=O) groups excluding carboxylic acids is 1. The minimum Gasteiger partial charge on any atom is -0.331 e. The van der Waals surface area contributed by atoms with Crippen molar-refractivity contribution in [3.05, 3.63) is 70.6 Å². The maximum atomic E-state index is 12.9. The van der Waals surface area contributed by atoms with E-state index in [0.717, 1.165) is 38.0 Å². The van der Waals surface area contributed by atoms with Crippen molar-refractivity contribution in [2.45, 2.75) is 20.8 Å². The van der Waals surface area contributed by atoms with Gasteiger partial charge in [0.1, 0.15) is 5.52 Å². The maximum Gasteiger partial charge on any atom is 0.254 e. The number of rotatable bonds is 3. The number of aryl methyl sites for hydroxylation is 2. The highest BCUT2D eigenvalue weighted by Gasteiger charge is 2.28. The van der Waals surface area contributed by atoms with E-state index in [1.54, 1.807) is 17.5 Å². The summed E-state index contributed by atoms with van der Waals surface area (Å²) in [5.41, 5.74) is 4.55. The largest absolute Gasteiger partial charge is 0.331 e. The number of aromatic nitrogens is 2. The number of piperazine rings is 1. The molecule has 0 radical (unpaired) electrons. The van der Waals surface area contributed by atoms with Crippen molar-refractivity contribution in [3.63, 3.8) is 0 Å². The Balaban J connectivity index is 1.55. The molecule has 1 saturated heterocycles. The number of carbonyl (C=O) groups is 1. The molecular formula is C23H25N5OS. The predicted molar refractivity (Wildman–Crippen MR) is 122 cm³/mol. The smallest absolute Gasteiger partial charge is 0.254 e. The summed E-state index contributed by atoms with van der Waals surface area (Å²) < 4.78 is 1.10. The number of aliphatic imine (C=N–C) groups is 1. The first-order chi connectivity index (χ1) is 14.5. The molecule has 154 valence electrons. The second-order valence-corrected chi connectivity index (χ2v) is 8.45. The zero-order valence-electron chi connectivity index (χ0n) is 17.6. The summed E-state index contributed by atoms with van der Waals surface area (Å²) in [7, 11) is 0. The first kappa shape index (κ1) is 20.2. The van der Waals surface area contributed by atoms with Gasteiger partial charge in [0.05, 0.1) is 17.4 Å². The van der Waals surface area contributed by atoms with Gasteiger partial charge in [0, 0.05) is 36.6 Å². The Hall–Kier alpha value is -3.06. The van der Waals surface area contributed by atoms with Crippen molar-refractivity contribution in [2.75, 3.05) is 26.2 Å². The molecule has 0 bridgehead atoms. The Morgan fingerprint density at radius 1 is 1.23 bits per heavy atom. The summed E-state index contributed by atoms with van der Waals surface area (Å²) >= 11 is 1.62. The molecule has 2 aromatic heterocycles. The van der Waals surface area contributed by atoms with Crippen LogP contribution in [0.25, 0.3) is 10.2 Å². The summed E-state index contributed by atoms with van der Waals surface area (Å²) in [6.45, 7) is 12.6. The van der Waals surface area contributed by atoms with E-state index in [4.69, 9.17) is 9.98 Å². The fraction of sp³-hybridized carbons (Fsp3) is 0.304. The molecule has 0 aliphatic carbocycles. The SMILES string of the molecule is C=C1CN(C(=O)c2ccc(C)cc2)CCN1/C(=N\CC)c1nc2cnc(C)cc2s1. The first-order valence-corrected chi connectivity index (χ1v) is 10.9. The van der Waals surface area contributed by atoms with Crippen LogP contribution in [0, 0.1) is 13.8 Å². The van der Waals surface area contributed by atoms with Gasteiger partial charge in [0.15, 0.2) is 10.8 Å². The molecule has 4 rings (SSSR count). The summed E-state index contributed by atoms with van der Waals surface area (Å²) in [5.74, 6) is 0.857. The average Bonchev–Trinajstić information content (AvgIpc) is 3.15. The van der Waals surface area contributed by atoms with E-state index in [1.807, 2.05) is 56.0 Å². The average molecular weight is 420 g/mol. The second-order valence-electron chi connectivity index (χ2n) is 7.42. The van der Waals surface area contributed by atoms with Gasteiger partial charge in [-0.25, -0.2) is 4.98 Å². The number of benzene rings is 1. The number of fused-ring (bicyclic) bond motifs is 1. The summed E-state index contributed by atoms with van der Waals surface area (Å²) in [5, 5.41) is 0.860. The standard InChI is InChI=1S/C23H25N5OS/c1-5-24-21(22-26-19-13-25-16(3)12-20(19)30-22)28-11-10-27(14-17(28)4)23(29)18-8-6-15(2)7-9-18/h6-9,12-13H,4-5,10-11,14H2,1-3H3/b24-21-. The fourth-order valence-corrected chi connectivity index (χ4v) is 4.57. The highest BCUT2D eigenvalue weighted by atomic mass is 32.1. The Labute approximate surface area is 180 Å². The third-order valence-corrected chi connectivity index (χ3v) is 6.11. The molecule has 3 aromatic rings. The lowest BCUT2D eigenvalue weighted by Crippen LogP contribution is -2.49. The summed E-state index contributed by atoms with van der Waals surface area (Å²) in [6.07, 6.45) is 1.81. The van der Waals surface area contributed by atoms with Gasteiger partial charge in [-0.3, -0.25) is 14.8 Å². The number of amidine groups is 1. The third-order valence-electron chi connectivity index (χ3n) is 5.10. The van der Waals surface area contributed by atoms with E-state index >= 15 is 0 Å². The van der Waals surface area contributed by atoms with Crippen LogP contribution in [0.1, 0.15) is 33.5 Å². The molecule has 1 amide bonds. The van der Waals surface area contributed by atoms with E-state index in [1.165, 1.54) is 0 Å². The number of hydrogen-bond acceptors (Lipinski definition) is 5. The Morgan fingerprint density at radius 2 is 2.00 bits per heavy atom. The van der Waals surface area contributed by atoms with Crippen LogP contribution in [-0.2, 0) is 0 Å². The third kappa shape index (κ3) is 3.98. The lowest BCUT2D eigenvalue weighted by molar-refractivity contribution is 0.0728. The summed E-state index contributed by atoms with van der Waals surface area (Å²) in [6, 6.07) is 9.75. The van der Waals surface area contributed by atoms with Crippen LogP contribution in [0.4, 0.5) is 0 Å². The molecule has 1 fully saturated rings. The van der Waals surface area contributed by atoms with Gasteiger partial charge in [-0.2, -0.15) is 0 Å². The molecule has 1 aliphatic rings. The van der Waals surface area contributed by atoms with E-state index < -0.39 is 0 Å². The van der Waals surface area contributed by atoms with Crippen LogP contribution in [0.2, 0.25) is 0 Å². The van der Waals surface area contributed by atoms with Gasteiger partial charge in [0.25, 0.3) is 5.91 Å². The minimum absolute atomic E-state index is 0.0336. The maximum absolute atomic E-state index is 12.9. The molecule has 6 nitrogen and oxygen atoms in total. The Kier molecular flexibility index (Phi) is 5.63. The molecule has 1 aromatic carbocycles. The second kappa shape index (κ2) is 8.36. The van der Waals surface area contributed by atoms with E-state index in [0.29, 0.717) is 31.7 Å². The van der Waals surface area contributed by atoms with E-state index in [2.05, 4.69) is 16.5 Å². The molecule has 3 heterocycles. The van der Waals surface area contributed by atoms with Crippen LogP contribution < -0.4 is 0 Å². The number of thiazole rings is 1. The van der Waals surface area contributed by atoms with Gasteiger partial charge in [-0.1, -0.05) is 24.3 Å². The molecule has 7 heteroatoms. The lowest BCUT2D eigenvalue weighted by atomic mass is 10.1. The Morgan fingerprint density at radius 3 is 2.70 bits per heavy atom. The van der Waals surface area contributed by atoms with Crippen LogP contribution in [0.5, 0.6) is 0 Å². The zero-order chi connectivity index (χ0) is 21.3. The van der Waals surface area contributed by atoms with Crippen LogP contribution in [0.3, 0.4) is 0 Å². The van der Waals surface area contributed by atoms with E-state index in [-0.39, 0.29) is 5.91 Å². The minimum atomic E-state index is 0.0336. The molecule has 1 aliphatic heterocycles. The number of pyridine rings is 1. The van der Waals surface area contributed by atoms with Gasteiger partial charge in [0.2, 0.25) is 0 Å². The van der Waals surface area contributed by atoms with Crippen LogP contribution in [-0.4, -0.2) is 57.7 Å². The van der Waals surface area contributed by atoms with E-state index in [9.17, 15) is 4.79 Å². The van der Waals surface area contributed by atoms with Crippen molar-refractivity contribution in [3.8, 4) is 0 Å². The Bertz CT molecular complexity index is 1130. The molecule has 30 heavy (non-hydrogen) atoms. The fourth-order valence-electron chi connectivity index (χ4n) is 3.51. The van der Waals surface area contributed by atoms with Gasteiger partial charge in [-0.05, 0) is 39.0 Å². The molecule has 0 N–H and O–H groups in total. The van der Waals surface area contributed by atoms with Gasteiger partial charge >= 0.3 is 0 Å². The lowest BCUT2D eigenvalue weighted by Gasteiger charge is -2.37. The number of hydrogen-bond donors (Lipinski definition) is 0. The predicted octanol–water partition coefficient (Wildman–Crippen LogP) is 4.05. The van der Waals surface area contributed by atoms with Crippen LogP contribution >= 0.6 is 11.3 Å². The first-order valence-electron chi connectivity index (χ1n) is 10.1. The number of nitrogens with zero attached hydrogens (tertiary/aromatic N) is 5. The van der Waals surface area contributed by atoms with Crippen molar-refractivity contribution in [2.24, 2.45) is 4.99 Å². The number of amides is 1. The van der Waals surface area contributed by atoms with Gasteiger partial charge in [-0.15, -0.1) is 11.3 Å². The molecular weight excluding hydrogens is 394 g/mol. The normalized spacial score (nSPS) is 15.2. The van der Waals surface area contributed by atoms with Crippen molar-refractivity contribution in [1.29, 1.82) is 0 Å². The van der Waals surface area contributed by atoms with Crippen molar-refractivity contribution in [1.82, 2.24) is 19.8 Å². The molecule has 0 unspecified atom stereocenters.